The van der Waals surface area contributed by atoms with Crippen LogP contribution in [0, 0.1) is 17.5 Å². The fourth-order valence-electron chi connectivity index (χ4n) is 4.36. The van der Waals surface area contributed by atoms with Gasteiger partial charge in [-0.05, 0) is 30.9 Å². The first kappa shape index (κ1) is 29.7. The Labute approximate surface area is 235 Å². The van der Waals surface area contributed by atoms with E-state index in [1.165, 1.54) is 0 Å². The molecule has 224 valence electrons. The van der Waals surface area contributed by atoms with Crippen LogP contribution in [0.5, 0.6) is 5.88 Å². The van der Waals surface area contributed by atoms with Crippen LogP contribution in [-0.4, -0.2) is 46.9 Å². The quantitative estimate of drug-likeness (QED) is 0.104. The molecule has 1 unspecified atom stereocenters. The third kappa shape index (κ3) is 6.19. The summed E-state index contributed by atoms with van der Waals surface area (Å²) in [6.07, 6.45) is 0.730. The number of nitrogens with zero attached hydrogens (tertiary/aromatic N) is 4. The monoisotopic (exact) mass is 616 g/mol. The van der Waals surface area contributed by atoms with Crippen LogP contribution in [0.25, 0.3) is 22.4 Å². The summed E-state index contributed by atoms with van der Waals surface area (Å²) in [5.74, 6) is -5.83. The number of hydrogen-bond acceptors (Lipinski definition) is 8. The van der Waals surface area contributed by atoms with Crippen LogP contribution < -0.4 is 4.18 Å². The maximum absolute atomic E-state index is 15.3. The second-order valence-electron chi connectivity index (χ2n) is 9.28. The van der Waals surface area contributed by atoms with Crippen molar-refractivity contribution in [1.29, 1.82) is 0 Å². The number of alkyl halides is 3. The van der Waals surface area contributed by atoms with Crippen LogP contribution in [0.3, 0.4) is 0 Å². The molecule has 9 nitrogen and oxygen atoms in total. The number of ether oxygens (including phenoxy) is 2. The van der Waals surface area contributed by atoms with Gasteiger partial charge in [-0.15, -0.1) is 0 Å². The van der Waals surface area contributed by atoms with Gasteiger partial charge in [-0.1, -0.05) is 30.3 Å². The number of halogens is 6. The molecule has 1 fully saturated rings. The highest BCUT2D eigenvalue weighted by atomic mass is 32.2. The van der Waals surface area contributed by atoms with Gasteiger partial charge in [-0.2, -0.15) is 36.1 Å². The lowest BCUT2D eigenvalue weighted by Crippen LogP contribution is -2.29. The molecule has 1 atom stereocenters. The van der Waals surface area contributed by atoms with Crippen LogP contribution in [-0.2, 0) is 32.6 Å². The molecule has 0 radical (unpaired) electrons. The highest BCUT2D eigenvalue weighted by molar-refractivity contribution is 7.87. The van der Waals surface area contributed by atoms with E-state index >= 15 is 8.78 Å². The molecule has 2 aromatic carbocycles. The predicted molar refractivity (Wildman–Crippen MR) is 135 cm³/mol. The SMILES string of the molecule is O=S(=O)(Oc1nc(-c2nn(C3CCCCO3)c3c(F)cc(F)cc23)nc(CCOCc2ccccc2)c1F)C(F)(F)F. The first-order chi connectivity index (χ1) is 19.9. The van der Waals surface area contributed by atoms with Crippen LogP contribution >= 0.6 is 0 Å². The average Bonchev–Trinajstić information content (AvgIpc) is 3.33. The van der Waals surface area contributed by atoms with Crippen molar-refractivity contribution in [2.75, 3.05) is 13.2 Å². The smallest absolute Gasteiger partial charge is 0.376 e. The van der Waals surface area contributed by atoms with E-state index in [-0.39, 0.29) is 36.2 Å². The molecular weight excluding hydrogens is 594 g/mol. The Balaban J connectivity index is 1.58. The second kappa shape index (κ2) is 11.9. The topological polar surface area (TPSA) is 105 Å². The zero-order valence-corrected chi connectivity index (χ0v) is 22.4. The Hall–Kier alpha value is -3.76. The molecule has 0 amide bonds. The summed E-state index contributed by atoms with van der Waals surface area (Å²) in [5.41, 5.74) is -6.27. The first-order valence-corrected chi connectivity index (χ1v) is 14.0. The first-order valence-electron chi connectivity index (χ1n) is 12.6. The molecule has 0 N–H and O–H groups in total. The van der Waals surface area contributed by atoms with Gasteiger partial charge in [0.15, 0.2) is 17.9 Å². The summed E-state index contributed by atoms with van der Waals surface area (Å²) >= 11 is 0. The van der Waals surface area contributed by atoms with Crippen molar-refractivity contribution in [3.05, 3.63) is 71.2 Å². The second-order valence-corrected chi connectivity index (χ2v) is 10.8. The van der Waals surface area contributed by atoms with Crippen molar-refractivity contribution < 1.29 is 48.4 Å². The van der Waals surface area contributed by atoms with Gasteiger partial charge in [0.25, 0.3) is 5.88 Å². The van der Waals surface area contributed by atoms with E-state index in [1.54, 1.807) is 30.3 Å². The van der Waals surface area contributed by atoms with Crippen molar-refractivity contribution in [1.82, 2.24) is 19.7 Å². The molecule has 0 aliphatic carbocycles. The number of rotatable bonds is 9. The number of benzene rings is 2. The standard InChI is InChI=1S/C26H22F6N4O5S/c27-16-12-17-22(35-36(23(17)18(28)13-16)20-8-4-5-10-40-20)24-33-19(9-11-39-14-15-6-2-1-3-7-15)21(29)25(34-24)41-42(37,38)26(30,31)32/h1-3,6-7,12-13,20H,4-5,8-11,14H2. The van der Waals surface area contributed by atoms with E-state index in [9.17, 15) is 26.0 Å². The highest BCUT2D eigenvalue weighted by Gasteiger charge is 2.49. The fourth-order valence-corrected chi connectivity index (χ4v) is 4.78. The number of aromatic nitrogens is 4. The maximum atomic E-state index is 15.3. The molecule has 1 saturated heterocycles. The predicted octanol–water partition coefficient (Wildman–Crippen LogP) is 5.60. The molecule has 0 bridgehead atoms. The Morgan fingerprint density at radius 3 is 2.50 bits per heavy atom. The molecule has 0 spiro atoms. The summed E-state index contributed by atoms with van der Waals surface area (Å²) in [6, 6.07) is 10.4. The minimum Gasteiger partial charge on any atom is -0.376 e. The van der Waals surface area contributed by atoms with E-state index in [0.717, 1.165) is 22.7 Å². The van der Waals surface area contributed by atoms with Crippen molar-refractivity contribution >= 4 is 21.0 Å². The molecule has 5 rings (SSSR count). The van der Waals surface area contributed by atoms with Crippen molar-refractivity contribution in [2.45, 2.75) is 44.0 Å². The Morgan fingerprint density at radius 1 is 1.05 bits per heavy atom. The van der Waals surface area contributed by atoms with Crippen molar-refractivity contribution in [3.63, 3.8) is 0 Å². The van der Waals surface area contributed by atoms with Gasteiger partial charge in [-0.25, -0.2) is 18.4 Å². The molecule has 42 heavy (non-hydrogen) atoms. The molecule has 16 heteroatoms. The largest absolute Gasteiger partial charge is 0.534 e. The van der Waals surface area contributed by atoms with Crippen LogP contribution in [0.2, 0.25) is 0 Å². The molecular formula is C26H22F6N4O5S. The molecule has 3 heterocycles. The van der Waals surface area contributed by atoms with E-state index in [4.69, 9.17) is 9.47 Å². The molecule has 1 aliphatic heterocycles. The normalized spacial score (nSPS) is 16.2. The Kier molecular flexibility index (Phi) is 8.39. The van der Waals surface area contributed by atoms with Crippen molar-refractivity contribution in [2.24, 2.45) is 0 Å². The van der Waals surface area contributed by atoms with E-state index in [1.807, 2.05) is 0 Å². The fraction of sp³-hybridized carbons (Fsp3) is 0.346. The van der Waals surface area contributed by atoms with Crippen molar-refractivity contribution in [3.8, 4) is 17.4 Å². The van der Waals surface area contributed by atoms with Gasteiger partial charge in [0.1, 0.15) is 17.0 Å². The third-order valence-corrected chi connectivity index (χ3v) is 7.26. The van der Waals surface area contributed by atoms with E-state index in [2.05, 4.69) is 19.2 Å². The summed E-state index contributed by atoms with van der Waals surface area (Å²) in [6.45, 7) is 0.251. The molecule has 0 saturated carbocycles. The Morgan fingerprint density at radius 2 is 1.81 bits per heavy atom. The highest BCUT2D eigenvalue weighted by Crippen LogP contribution is 2.36. The number of hydrogen-bond donors (Lipinski definition) is 0. The van der Waals surface area contributed by atoms with Gasteiger partial charge >= 0.3 is 15.6 Å². The summed E-state index contributed by atoms with van der Waals surface area (Å²) in [7, 11) is -6.35. The van der Waals surface area contributed by atoms with Gasteiger partial charge in [0.05, 0.1) is 18.9 Å². The van der Waals surface area contributed by atoms with Gasteiger partial charge in [0.2, 0.25) is 5.82 Å². The van der Waals surface area contributed by atoms with Crippen LogP contribution in [0.15, 0.2) is 42.5 Å². The maximum Gasteiger partial charge on any atom is 0.534 e. The lowest BCUT2D eigenvalue weighted by atomic mass is 10.1. The zero-order valence-electron chi connectivity index (χ0n) is 21.6. The van der Waals surface area contributed by atoms with Gasteiger partial charge < -0.3 is 13.7 Å². The molecule has 2 aromatic heterocycles. The zero-order chi connectivity index (χ0) is 30.1. The summed E-state index contributed by atoms with van der Waals surface area (Å²) in [5, 5.41) is 4.05. The van der Waals surface area contributed by atoms with Gasteiger partial charge in [-0.3, -0.25) is 0 Å². The lowest BCUT2D eigenvalue weighted by molar-refractivity contribution is -0.0502. The lowest BCUT2D eigenvalue weighted by Gasteiger charge is -2.23. The minimum atomic E-state index is -6.35. The van der Waals surface area contributed by atoms with Crippen LogP contribution in [0.1, 0.15) is 36.7 Å². The average molecular weight is 617 g/mol. The van der Waals surface area contributed by atoms with Crippen LogP contribution in [0.4, 0.5) is 26.3 Å². The summed E-state index contributed by atoms with van der Waals surface area (Å²) < 4.78 is 124. The summed E-state index contributed by atoms with van der Waals surface area (Å²) in [4.78, 5) is 7.58. The third-order valence-electron chi connectivity index (χ3n) is 6.32. The minimum absolute atomic E-state index is 0.112. The molecule has 4 aromatic rings. The van der Waals surface area contributed by atoms with Gasteiger partial charge in [0, 0.05) is 24.5 Å². The Bertz CT molecular complexity index is 1690. The molecule has 1 aliphatic rings. The van der Waals surface area contributed by atoms with E-state index < -0.39 is 56.7 Å². The number of fused-ring (bicyclic) bond motifs is 1. The van der Waals surface area contributed by atoms with E-state index in [0.29, 0.717) is 25.5 Å².